The Labute approximate surface area is 168 Å². The normalized spacial score (nSPS) is 26.6. The van der Waals surface area contributed by atoms with E-state index in [-0.39, 0.29) is 24.9 Å². The van der Waals surface area contributed by atoms with Gasteiger partial charge in [0.05, 0.1) is 17.6 Å². The Hall–Kier alpha value is -1.98. The highest BCUT2D eigenvalue weighted by molar-refractivity contribution is 5.87. The molecular formula is C17H27ClN6O4. The van der Waals surface area contributed by atoms with E-state index in [9.17, 15) is 15.0 Å². The highest BCUT2D eigenvalue weighted by atomic mass is 35.5. The van der Waals surface area contributed by atoms with Crippen molar-refractivity contribution in [2.24, 2.45) is 11.7 Å². The third-order valence-electron chi connectivity index (χ3n) is 5.29. The molecule has 156 valence electrons. The Morgan fingerprint density at radius 3 is 2.75 bits per heavy atom. The van der Waals surface area contributed by atoms with Crippen molar-refractivity contribution in [2.45, 2.75) is 50.6 Å². The lowest BCUT2D eigenvalue weighted by atomic mass is 10.0. The number of rotatable bonds is 6. The second-order valence-electron chi connectivity index (χ2n) is 7.00. The second-order valence-corrected chi connectivity index (χ2v) is 7.00. The van der Waals surface area contributed by atoms with Crippen LogP contribution in [0.15, 0.2) is 12.5 Å². The fourth-order valence-electron chi connectivity index (χ4n) is 3.25. The average Bonchev–Trinajstić information content (AvgIpc) is 3.21. The van der Waals surface area contributed by atoms with Gasteiger partial charge in [0.2, 0.25) is 0 Å². The molecular weight excluding hydrogens is 388 g/mol. The number of hydrogen-bond acceptors (Lipinski definition) is 9. The number of hydrogen-bond donors (Lipinski definition) is 6. The van der Waals surface area contributed by atoms with Crippen molar-refractivity contribution in [2.75, 3.05) is 12.3 Å². The molecule has 0 spiro atoms. The first-order valence-electron chi connectivity index (χ1n) is 8.97. The first-order chi connectivity index (χ1) is 12.8. The van der Waals surface area contributed by atoms with Gasteiger partial charge in [0, 0.05) is 11.8 Å². The van der Waals surface area contributed by atoms with Crippen LogP contribution < -0.4 is 16.8 Å². The topological polar surface area (TPSA) is 172 Å². The number of esters is 1. The first kappa shape index (κ1) is 22.3. The number of nitrogens with zero attached hydrogens (tertiary/aromatic N) is 2. The summed E-state index contributed by atoms with van der Waals surface area (Å²) in [4.78, 5) is 23.2. The first-order valence-corrected chi connectivity index (χ1v) is 8.97. The fourth-order valence-corrected chi connectivity index (χ4v) is 3.25. The Morgan fingerprint density at radius 2 is 2.07 bits per heavy atom. The summed E-state index contributed by atoms with van der Waals surface area (Å²) in [7, 11) is 0. The van der Waals surface area contributed by atoms with Gasteiger partial charge >= 0.3 is 5.97 Å². The molecule has 3 rings (SSSR count). The summed E-state index contributed by atoms with van der Waals surface area (Å²) in [5.74, 6) is -0.235. The maximum Gasteiger partial charge on any atom is 0.323 e. The summed E-state index contributed by atoms with van der Waals surface area (Å²) >= 11 is 0. The monoisotopic (exact) mass is 414 g/mol. The minimum atomic E-state index is -1.12. The summed E-state index contributed by atoms with van der Waals surface area (Å²) in [6, 6.07) is -1.96. The van der Waals surface area contributed by atoms with Crippen LogP contribution in [0.5, 0.6) is 0 Å². The maximum absolute atomic E-state index is 12.1. The van der Waals surface area contributed by atoms with E-state index in [4.69, 9.17) is 16.2 Å². The number of aromatic amines is 1. The zero-order valence-electron chi connectivity index (χ0n) is 15.7. The van der Waals surface area contributed by atoms with Crippen molar-refractivity contribution < 1.29 is 19.7 Å². The number of ether oxygens (including phenoxy) is 1. The van der Waals surface area contributed by atoms with Crippen LogP contribution in [0.25, 0.3) is 11.0 Å². The molecule has 0 aromatic carbocycles. The molecule has 28 heavy (non-hydrogen) atoms. The summed E-state index contributed by atoms with van der Waals surface area (Å²) in [6.45, 7) is 3.72. The highest BCUT2D eigenvalue weighted by Gasteiger charge is 2.43. The van der Waals surface area contributed by atoms with Gasteiger partial charge in [-0.25, -0.2) is 9.97 Å². The molecule has 0 bridgehead atoms. The molecule has 3 heterocycles. The van der Waals surface area contributed by atoms with Crippen LogP contribution in [0.3, 0.4) is 0 Å². The smallest absolute Gasteiger partial charge is 0.323 e. The van der Waals surface area contributed by atoms with Gasteiger partial charge in [0.1, 0.15) is 36.7 Å². The third kappa shape index (κ3) is 4.06. The van der Waals surface area contributed by atoms with E-state index in [1.54, 1.807) is 6.20 Å². The van der Waals surface area contributed by atoms with E-state index in [0.717, 1.165) is 6.42 Å². The van der Waals surface area contributed by atoms with Crippen LogP contribution >= 0.6 is 12.4 Å². The molecule has 11 heteroatoms. The van der Waals surface area contributed by atoms with E-state index < -0.39 is 36.3 Å². The number of nitrogen functional groups attached to an aromatic ring is 1. The van der Waals surface area contributed by atoms with Crippen molar-refractivity contribution in [3.63, 3.8) is 0 Å². The molecule has 1 aliphatic rings. The Kier molecular flexibility index (Phi) is 7.18. The van der Waals surface area contributed by atoms with E-state index in [1.807, 2.05) is 13.8 Å². The van der Waals surface area contributed by atoms with Gasteiger partial charge in [-0.1, -0.05) is 20.3 Å². The number of carbonyl (C=O) groups excluding carboxylic acids is 1. The Bertz CT molecular complexity index is 818. The molecule has 2 aromatic rings. The number of carbonyl (C=O) groups is 1. The number of nitrogens with two attached hydrogens (primary N) is 2. The Morgan fingerprint density at radius 1 is 1.36 bits per heavy atom. The van der Waals surface area contributed by atoms with Crippen molar-refractivity contribution in [1.29, 1.82) is 0 Å². The number of anilines is 1. The predicted molar refractivity (Wildman–Crippen MR) is 106 cm³/mol. The number of nitrogens with one attached hydrogen (secondary N) is 2. The number of fused-ring (bicyclic) bond motifs is 1. The highest BCUT2D eigenvalue weighted by Crippen LogP contribution is 2.32. The maximum atomic E-state index is 12.1. The van der Waals surface area contributed by atoms with Gasteiger partial charge in [-0.15, -0.1) is 12.4 Å². The van der Waals surface area contributed by atoms with Crippen LogP contribution in [-0.2, 0) is 9.53 Å². The minimum Gasteiger partial charge on any atom is -0.463 e. The number of aliphatic hydroxyl groups excluding tert-OH is 2. The van der Waals surface area contributed by atoms with Crippen molar-refractivity contribution in [1.82, 2.24) is 20.3 Å². The molecule has 8 N–H and O–H groups in total. The van der Waals surface area contributed by atoms with Crippen LogP contribution in [0, 0.1) is 5.92 Å². The van der Waals surface area contributed by atoms with Gasteiger partial charge in [-0.05, 0) is 5.92 Å². The zero-order chi connectivity index (χ0) is 19.7. The number of aromatic nitrogens is 3. The van der Waals surface area contributed by atoms with Crippen molar-refractivity contribution >= 4 is 35.2 Å². The lowest BCUT2D eigenvalue weighted by Crippen LogP contribution is -2.42. The number of aliphatic hydroxyl groups is 2. The van der Waals surface area contributed by atoms with Gasteiger partial charge < -0.3 is 31.4 Å². The van der Waals surface area contributed by atoms with E-state index in [2.05, 4.69) is 20.3 Å². The fraction of sp³-hybridized carbons (Fsp3) is 0.588. The molecule has 10 nitrogen and oxygen atoms in total. The summed E-state index contributed by atoms with van der Waals surface area (Å²) in [6.07, 6.45) is 1.53. The molecule has 0 amide bonds. The van der Waals surface area contributed by atoms with Crippen molar-refractivity contribution in [3.05, 3.63) is 18.1 Å². The zero-order valence-corrected chi connectivity index (χ0v) is 16.5. The average molecular weight is 415 g/mol. The van der Waals surface area contributed by atoms with Gasteiger partial charge in [0.15, 0.2) is 5.82 Å². The number of halogens is 1. The summed E-state index contributed by atoms with van der Waals surface area (Å²) in [5, 5.41) is 23.9. The molecule has 6 atom stereocenters. The lowest BCUT2D eigenvalue weighted by molar-refractivity contribution is -0.148. The quantitative estimate of drug-likeness (QED) is 0.344. The third-order valence-corrected chi connectivity index (χ3v) is 5.29. The summed E-state index contributed by atoms with van der Waals surface area (Å²) in [5.41, 5.74) is 13.4. The van der Waals surface area contributed by atoms with Crippen LogP contribution in [0.4, 0.5) is 5.82 Å². The van der Waals surface area contributed by atoms with Gasteiger partial charge in [-0.3, -0.25) is 10.1 Å². The van der Waals surface area contributed by atoms with Crippen LogP contribution in [0.1, 0.15) is 31.9 Å². The van der Waals surface area contributed by atoms with E-state index >= 15 is 0 Å². The molecule has 0 aliphatic carbocycles. The molecule has 1 fully saturated rings. The van der Waals surface area contributed by atoms with Crippen LogP contribution in [-0.4, -0.2) is 62.0 Å². The standard InChI is InChI=1S/C17H26N6O4.ClH/c1-3-7(2)10(18)17(26)27-5-9-14(24)15(25)12(23-9)8-4-20-13-11(8)21-6-22-16(13)19;/h4,6-7,9-10,12,14-15,20,23-25H,3,5,18H2,1-2H3,(H2,19,21,22);1H/t7-,9+,10-,12-,14+,15-;/m0./s1. The lowest BCUT2D eigenvalue weighted by Gasteiger charge is -2.20. The number of H-pyrrole nitrogens is 1. The molecule has 1 aliphatic heterocycles. The molecule has 2 aromatic heterocycles. The van der Waals surface area contributed by atoms with Crippen molar-refractivity contribution in [3.8, 4) is 0 Å². The Balaban J connectivity index is 0.00000280. The summed E-state index contributed by atoms with van der Waals surface area (Å²) < 4.78 is 5.25. The molecule has 0 radical (unpaired) electrons. The molecule has 0 unspecified atom stereocenters. The largest absolute Gasteiger partial charge is 0.463 e. The molecule has 0 saturated carbocycles. The van der Waals surface area contributed by atoms with E-state index in [1.165, 1.54) is 6.33 Å². The van der Waals surface area contributed by atoms with Gasteiger partial charge in [0.25, 0.3) is 0 Å². The van der Waals surface area contributed by atoms with Crippen LogP contribution in [0.2, 0.25) is 0 Å². The SMILES string of the molecule is CC[C@H](C)[C@H](N)C(=O)OC[C@H]1N[C@@H](c2c[nH]c3c(N)ncnc23)[C@H](O)[C@@H]1O.Cl. The predicted octanol–water partition coefficient (Wildman–Crippen LogP) is -0.387. The minimum absolute atomic E-state index is 0. The van der Waals surface area contributed by atoms with E-state index in [0.29, 0.717) is 22.4 Å². The second kappa shape index (κ2) is 9.01. The molecule has 1 saturated heterocycles. The van der Waals surface area contributed by atoms with Gasteiger partial charge in [-0.2, -0.15) is 0 Å².